The van der Waals surface area contributed by atoms with E-state index in [2.05, 4.69) is 49.6 Å². The number of nitrogens with one attached hydrogen (secondary N) is 4. The van der Waals surface area contributed by atoms with Crippen LogP contribution in [0.1, 0.15) is 54.5 Å². The van der Waals surface area contributed by atoms with E-state index in [1.54, 1.807) is 18.4 Å². The first-order valence-electron chi connectivity index (χ1n) is 15.4. The SMILES string of the molecule is CC(=N)c1c(NCc2cccc(C)n2)cccc1NC(=O)c1csc2c(Nc3ccc(N4CC(C)CC(C)C4)c(F)c3)ncnc12. The molecule has 1 aliphatic rings. The summed E-state index contributed by atoms with van der Waals surface area (Å²) in [4.78, 5) is 29.1. The molecule has 6 rings (SSSR count). The fraction of sp³-hybridized carbons (Fsp3) is 0.286. The van der Waals surface area contributed by atoms with E-state index in [1.807, 2.05) is 49.4 Å². The Balaban J connectivity index is 1.21. The Bertz CT molecular complexity index is 1910. The molecule has 1 saturated heterocycles. The minimum Gasteiger partial charge on any atom is -0.379 e. The van der Waals surface area contributed by atoms with Crippen LogP contribution in [0.2, 0.25) is 0 Å². The Labute approximate surface area is 271 Å². The van der Waals surface area contributed by atoms with E-state index in [4.69, 9.17) is 5.41 Å². The second-order valence-corrected chi connectivity index (χ2v) is 13.0. The fourth-order valence-electron chi connectivity index (χ4n) is 6.22. The molecular weight excluding hydrogens is 600 g/mol. The van der Waals surface area contributed by atoms with Crippen molar-refractivity contribution in [3.05, 3.63) is 94.6 Å². The van der Waals surface area contributed by atoms with Crippen molar-refractivity contribution in [1.82, 2.24) is 15.0 Å². The third-order valence-corrected chi connectivity index (χ3v) is 9.09. The average molecular weight is 637 g/mol. The first kappa shape index (κ1) is 31.1. The molecule has 0 aliphatic carbocycles. The van der Waals surface area contributed by atoms with Crippen molar-refractivity contribution in [1.29, 1.82) is 5.41 Å². The largest absolute Gasteiger partial charge is 0.379 e. The molecule has 46 heavy (non-hydrogen) atoms. The minimum atomic E-state index is -0.351. The highest BCUT2D eigenvalue weighted by Gasteiger charge is 2.24. The maximum Gasteiger partial charge on any atom is 0.258 e. The van der Waals surface area contributed by atoms with E-state index < -0.39 is 0 Å². The zero-order chi connectivity index (χ0) is 32.4. The number of carbonyl (C=O) groups is 1. The summed E-state index contributed by atoms with van der Waals surface area (Å²) in [6.07, 6.45) is 2.55. The van der Waals surface area contributed by atoms with Gasteiger partial charge in [0.15, 0.2) is 5.82 Å². The monoisotopic (exact) mass is 636 g/mol. The zero-order valence-corrected chi connectivity index (χ0v) is 27.1. The normalized spacial score (nSPS) is 16.3. The molecule has 0 spiro atoms. The summed E-state index contributed by atoms with van der Waals surface area (Å²) in [7, 11) is 0. The van der Waals surface area contributed by atoms with Gasteiger partial charge >= 0.3 is 0 Å². The number of rotatable bonds is 9. The predicted octanol–water partition coefficient (Wildman–Crippen LogP) is 8.01. The lowest BCUT2D eigenvalue weighted by molar-refractivity contribution is 0.102. The standard InChI is InChI=1S/C35H37FN8OS/c1-20-13-21(2)17-44(16-20)30-12-11-24(14-27(30)36)42-34-33-32(39-19-40-34)26(18-46-33)35(45)43-29-10-6-9-28(31(29)23(4)37)38-15-25-8-5-7-22(3)41-25/h5-12,14,18-21,37-38H,13,15-17H2,1-4H3,(H,43,45)(H,39,40,42). The summed E-state index contributed by atoms with van der Waals surface area (Å²) in [6, 6.07) is 16.5. The highest BCUT2D eigenvalue weighted by molar-refractivity contribution is 7.18. The molecule has 0 radical (unpaired) electrons. The summed E-state index contributed by atoms with van der Waals surface area (Å²) < 4.78 is 16.0. The van der Waals surface area contributed by atoms with Gasteiger partial charge in [-0.2, -0.15) is 0 Å². The number of hydrogen-bond acceptors (Lipinski definition) is 9. The molecule has 2 unspecified atom stereocenters. The van der Waals surface area contributed by atoms with Crippen molar-refractivity contribution in [2.45, 2.75) is 40.7 Å². The van der Waals surface area contributed by atoms with Crippen LogP contribution in [0.4, 0.5) is 33.0 Å². The van der Waals surface area contributed by atoms with Crippen LogP contribution in [0.5, 0.6) is 0 Å². The molecule has 5 aromatic rings. The van der Waals surface area contributed by atoms with Gasteiger partial charge in [0.05, 0.1) is 39.4 Å². The molecule has 0 saturated carbocycles. The number of fused-ring (bicyclic) bond motifs is 1. The Morgan fingerprint density at radius 3 is 2.57 bits per heavy atom. The summed E-state index contributed by atoms with van der Waals surface area (Å²) in [5.41, 5.74) is 5.99. The summed E-state index contributed by atoms with van der Waals surface area (Å²) in [5.74, 6) is 0.892. The molecule has 11 heteroatoms. The van der Waals surface area contributed by atoms with Crippen molar-refractivity contribution in [3.8, 4) is 0 Å². The van der Waals surface area contributed by atoms with Gasteiger partial charge < -0.3 is 26.3 Å². The molecule has 236 valence electrons. The van der Waals surface area contributed by atoms with Crippen LogP contribution in [0, 0.1) is 30.0 Å². The van der Waals surface area contributed by atoms with Crippen LogP contribution < -0.4 is 20.9 Å². The number of aromatic nitrogens is 3. The van der Waals surface area contributed by atoms with E-state index in [1.165, 1.54) is 23.7 Å². The number of halogens is 1. The highest BCUT2D eigenvalue weighted by atomic mass is 32.1. The number of benzene rings is 2. The average Bonchev–Trinajstić information content (AvgIpc) is 3.45. The van der Waals surface area contributed by atoms with Gasteiger partial charge in [0.2, 0.25) is 0 Å². The summed E-state index contributed by atoms with van der Waals surface area (Å²) >= 11 is 1.34. The molecule has 1 aliphatic heterocycles. The molecule has 0 bridgehead atoms. The molecule has 1 fully saturated rings. The second kappa shape index (κ2) is 13.2. The van der Waals surface area contributed by atoms with Crippen LogP contribution >= 0.6 is 11.3 Å². The fourth-order valence-corrected chi connectivity index (χ4v) is 7.16. The lowest BCUT2D eigenvalue weighted by atomic mass is 9.91. The van der Waals surface area contributed by atoms with Crippen molar-refractivity contribution >= 4 is 61.7 Å². The molecule has 3 aromatic heterocycles. The number of aryl methyl sites for hydroxylation is 1. The molecular formula is C35H37FN8OS. The van der Waals surface area contributed by atoms with E-state index in [-0.39, 0.29) is 11.7 Å². The van der Waals surface area contributed by atoms with Gasteiger partial charge in [-0.05, 0) is 74.6 Å². The lowest BCUT2D eigenvalue weighted by Crippen LogP contribution is -2.39. The van der Waals surface area contributed by atoms with Gasteiger partial charge in [-0.3, -0.25) is 9.78 Å². The third-order valence-electron chi connectivity index (χ3n) is 8.11. The second-order valence-electron chi connectivity index (χ2n) is 12.1. The molecule has 4 N–H and O–H groups in total. The molecule has 4 heterocycles. The quantitative estimate of drug-likeness (QED) is 0.121. The Hall–Kier alpha value is -4.90. The summed E-state index contributed by atoms with van der Waals surface area (Å²) in [6.45, 7) is 10.2. The number of amides is 1. The number of pyridine rings is 1. The molecule has 2 aromatic carbocycles. The number of thiophene rings is 1. The number of carbonyl (C=O) groups excluding carboxylic acids is 1. The van der Waals surface area contributed by atoms with Gasteiger partial charge in [-0.15, -0.1) is 11.3 Å². The van der Waals surface area contributed by atoms with Gasteiger partial charge in [-0.1, -0.05) is 26.0 Å². The van der Waals surface area contributed by atoms with Crippen LogP contribution in [-0.4, -0.2) is 39.7 Å². The van der Waals surface area contributed by atoms with Gasteiger partial charge in [0.25, 0.3) is 5.91 Å². The van der Waals surface area contributed by atoms with Crippen molar-refractivity contribution in [2.24, 2.45) is 11.8 Å². The molecule has 1 amide bonds. The van der Waals surface area contributed by atoms with Gasteiger partial charge in [0.1, 0.15) is 12.1 Å². The molecule has 9 nitrogen and oxygen atoms in total. The number of hydrogen-bond donors (Lipinski definition) is 4. The van der Waals surface area contributed by atoms with Crippen molar-refractivity contribution in [3.63, 3.8) is 0 Å². The zero-order valence-electron chi connectivity index (χ0n) is 26.3. The smallest absolute Gasteiger partial charge is 0.258 e. The van der Waals surface area contributed by atoms with E-state index in [9.17, 15) is 4.79 Å². The Morgan fingerprint density at radius 1 is 1.07 bits per heavy atom. The van der Waals surface area contributed by atoms with E-state index in [0.717, 1.165) is 36.6 Å². The first-order chi connectivity index (χ1) is 22.2. The van der Waals surface area contributed by atoms with Crippen LogP contribution in [0.25, 0.3) is 10.2 Å². The van der Waals surface area contributed by atoms with Crippen LogP contribution in [-0.2, 0) is 6.54 Å². The number of piperidine rings is 1. The maximum atomic E-state index is 15.3. The number of anilines is 5. The van der Waals surface area contributed by atoms with Gasteiger partial charge in [0, 0.05) is 46.8 Å². The van der Waals surface area contributed by atoms with Crippen LogP contribution in [0.3, 0.4) is 0 Å². The minimum absolute atomic E-state index is 0.285. The Kier molecular flexibility index (Phi) is 8.94. The van der Waals surface area contributed by atoms with E-state index >= 15 is 4.39 Å². The van der Waals surface area contributed by atoms with E-state index in [0.29, 0.717) is 68.3 Å². The first-order valence-corrected chi connectivity index (χ1v) is 16.2. The maximum absolute atomic E-state index is 15.3. The molecule has 2 atom stereocenters. The van der Waals surface area contributed by atoms with Crippen LogP contribution in [0.15, 0.2) is 66.3 Å². The lowest BCUT2D eigenvalue weighted by Gasteiger charge is -2.36. The topological polar surface area (TPSA) is 119 Å². The number of nitrogens with zero attached hydrogens (tertiary/aromatic N) is 4. The highest BCUT2D eigenvalue weighted by Crippen LogP contribution is 2.34. The van der Waals surface area contributed by atoms with Gasteiger partial charge in [-0.25, -0.2) is 14.4 Å². The summed E-state index contributed by atoms with van der Waals surface area (Å²) in [5, 5.41) is 19.8. The third kappa shape index (κ3) is 6.69. The van der Waals surface area contributed by atoms with Crippen molar-refractivity contribution < 1.29 is 9.18 Å². The predicted molar refractivity (Wildman–Crippen MR) is 185 cm³/mol. The Morgan fingerprint density at radius 2 is 1.83 bits per heavy atom. The van der Waals surface area contributed by atoms with Crippen molar-refractivity contribution in [2.75, 3.05) is 33.9 Å².